The maximum absolute atomic E-state index is 5.94. The molecule has 3 atom stereocenters. The number of nitrogens with one attached hydrogen (secondary N) is 1. The van der Waals surface area contributed by atoms with Crippen LogP contribution in [0.3, 0.4) is 0 Å². The summed E-state index contributed by atoms with van der Waals surface area (Å²) in [6, 6.07) is 2.77. The summed E-state index contributed by atoms with van der Waals surface area (Å²) >= 11 is 0. The molecule has 4 rings (SSSR count). The summed E-state index contributed by atoms with van der Waals surface area (Å²) in [6.07, 6.45) is 5.50. The fourth-order valence-corrected chi connectivity index (χ4v) is 4.28. The molecule has 20 heavy (non-hydrogen) atoms. The Morgan fingerprint density at radius 1 is 1.25 bits per heavy atom. The molecule has 0 radical (unpaired) electrons. The van der Waals surface area contributed by atoms with Gasteiger partial charge in [0.15, 0.2) is 0 Å². The van der Waals surface area contributed by atoms with Crippen LogP contribution in [-0.2, 0) is 0 Å². The second-order valence-corrected chi connectivity index (χ2v) is 6.68. The Bertz CT molecular complexity index is 511. The van der Waals surface area contributed by atoms with E-state index in [1.165, 1.54) is 31.4 Å². The molecule has 3 N–H and O–H groups in total. The van der Waals surface area contributed by atoms with Crippen LogP contribution in [0.2, 0.25) is 0 Å². The Hall–Kier alpha value is -1.36. The Labute approximate surface area is 120 Å². The van der Waals surface area contributed by atoms with Crippen LogP contribution in [0.25, 0.3) is 0 Å². The average molecular weight is 273 g/mol. The summed E-state index contributed by atoms with van der Waals surface area (Å²) in [5.41, 5.74) is 7.13. The monoisotopic (exact) mass is 273 g/mol. The number of nitrogens with two attached hydrogens (primary N) is 1. The van der Waals surface area contributed by atoms with Crippen molar-refractivity contribution in [1.82, 2.24) is 15.3 Å². The highest BCUT2D eigenvalue weighted by atomic mass is 15.3. The standard InChI is InChI=1S/C15H23N5/c1-17-11-7-20(8-11)14-6-13(18-15(16)19-14)12-5-9-2-3-10(12)4-9/h6,9-12,17H,2-5,7-8H2,1H3,(H2,16,18,19)/t9-,10+,12-/m1/s1. The first kappa shape index (κ1) is 12.4. The van der Waals surface area contributed by atoms with Crippen molar-refractivity contribution in [1.29, 1.82) is 0 Å². The highest BCUT2D eigenvalue weighted by molar-refractivity contribution is 5.47. The Morgan fingerprint density at radius 3 is 2.75 bits per heavy atom. The number of nitrogens with zero attached hydrogens (tertiary/aromatic N) is 3. The van der Waals surface area contributed by atoms with Gasteiger partial charge in [0.2, 0.25) is 5.95 Å². The molecule has 1 saturated heterocycles. The summed E-state index contributed by atoms with van der Waals surface area (Å²) in [7, 11) is 2.01. The van der Waals surface area contributed by atoms with Gasteiger partial charge in [-0.05, 0) is 38.1 Å². The van der Waals surface area contributed by atoms with Crippen molar-refractivity contribution in [3.63, 3.8) is 0 Å². The molecule has 2 aliphatic carbocycles. The normalized spacial score (nSPS) is 32.6. The van der Waals surface area contributed by atoms with E-state index in [1.54, 1.807) is 0 Å². The Kier molecular flexibility index (Phi) is 2.84. The predicted molar refractivity (Wildman–Crippen MR) is 79.7 cm³/mol. The zero-order valence-electron chi connectivity index (χ0n) is 12.0. The lowest BCUT2D eigenvalue weighted by atomic mass is 9.86. The van der Waals surface area contributed by atoms with Crippen molar-refractivity contribution < 1.29 is 0 Å². The molecule has 1 aliphatic heterocycles. The number of likely N-dealkylation sites (N-methyl/N-ethyl adjacent to an activating group) is 1. The fourth-order valence-electron chi connectivity index (χ4n) is 4.28. The molecule has 0 amide bonds. The van der Waals surface area contributed by atoms with Crippen molar-refractivity contribution in [3.8, 4) is 0 Å². The second kappa shape index (κ2) is 4.58. The van der Waals surface area contributed by atoms with Gasteiger partial charge in [-0.15, -0.1) is 0 Å². The molecule has 3 fully saturated rings. The van der Waals surface area contributed by atoms with Crippen molar-refractivity contribution >= 4 is 11.8 Å². The number of fused-ring (bicyclic) bond motifs is 2. The predicted octanol–water partition coefficient (Wildman–Crippen LogP) is 1.37. The summed E-state index contributed by atoms with van der Waals surface area (Å²) in [5, 5.41) is 3.29. The number of nitrogen functional groups attached to an aromatic ring is 1. The van der Waals surface area contributed by atoms with Gasteiger partial charge in [-0.3, -0.25) is 0 Å². The third-order valence-corrected chi connectivity index (χ3v) is 5.48. The van der Waals surface area contributed by atoms with Crippen molar-refractivity contribution in [2.45, 2.75) is 37.6 Å². The molecule has 0 aromatic carbocycles. The third-order valence-electron chi connectivity index (χ3n) is 5.48. The highest BCUT2D eigenvalue weighted by Gasteiger charge is 2.41. The van der Waals surface area contributed by atoms with E-state index in [9.17, 15) is 0 Å². The van der Waals surface area contributed by atoms with Crippen LogP contribution in [0.5, 0.6) is 0 Å². The molecular formula is C15H23N5. The third kappa shape index (κ3) is 1.95. The molecule has 1 aromatic rings. The van der Waals surface area contributed by atoms with Gasteiger partial charge < -0.3 is 16.0 Å². The first-order chi connectivity index (χ1) is 9.72. The van der Waals surface area contributed by atoms with Gasteiger partial charge in [-0.2, -0.15) is 4.98 Å². The molecule has 5 nitrogen and oxygen atoms in total. The molecule has 3 aliphatic rings. The number of hydrogen-bond donors (Lipinski definition) is 2. The zero-order valence-corrected chi connectivity index (χ0v) is 12.0. The van der Waals surface area contributed by atoms with E-state index in [-0.39, 0.29) is 0 Å². The number of anilines is 2. The molecule has 2 heterocycles. The minimum Gasteiger partial charge on any atom is -0.368 e. The molecule has 2 saturated carbocycles. The van der Waals surface area contributed by atoms with Gasteiger partial charge >= 0.3 is 0 Å². The van der Waals surface area contributed by atoms with Gasteiger partial charge in [-0.25, -0.2) is 4.98 Å². The summed E-state index contributed by atoms with van der Waals surface area (Å²) in [6.45, 7) is 2.03. The van der Waals surface area contributed by atoms with Crippen LogP contribution < -0.4 is 16.0 Å². The minimum atomic E-state index is 0.438. The van der Waals surface area contributed by atoms with E-state index < -0.39 is 0 Å². The Morgan fingerprint density at radius 2 is 2.10 bits per heavy atom. The number of rotatable bonds is 3. The van der Waals surface area contributed by atoms with Gasteiger partial charge in [-0.1, -0.05) is 6.42 Å². The van der Waals surface area contributed by atoms with Crippen LogP contribution in [-0.4, -0.2) is 36.1 Å². The minimum absolute atomic E-state index is 0.438. The van der Waals surface area contributed by atoms with E-state index in [1.807, 2.05) is 7.05 Å². The van der Waals surface area contributed by atoms with Crippen molar-refractivity contribution in [2.75, 3.05) is 30.8 Å². The molecule has 1 aromatic heterocycles. The van der Waals surface area contributed by atoms with E-state index >= 15 is 0 Å². The maximum Gasteiger partial charge on any atom is 0.222 e. The molecule has 5 heteroatoms. The topological polar surface area (TPSA) is 67.1 Å². The average Bonchev–Trinajstić information content (AvgIpc) is 2.99. The van der Waals surface area contributed by atoms with Crippen LogP contribution >= 0.6 is 0 Å². The summed E-state index contributed by atoms with van der Waals surface area (Å²) in [4.78, 5) is 11.2. The first-order valence-corrected chi connectivity index (χ1v) is 7.79. The smallest absolute Gasteiger partial charge is 0.222 e. The second-order valence-electron chi connectivity index (χ2n) is 6.68. The van der Waals surface area contributed by atoms with E-state index in [0.717, 1.165) is 30.7 Å². The summed E-state index contributed by atoms with van der Waals surface area (Å²) < 4.78 is 0. The van der Waals surface area contributed by atoms with Crippen molar-refractivity contribution in [3.05, 3.63) is 11.8 Å². The lowest BCUT2D eigenvalue weighted by Gasteiger charge is -2.40. The maximum atomic E-state index is 5.94. The van der Waals surface area contributed by atoms with E-state index in [2.05, 4.69) is 26.3 Å². The molecule has 0 spiro atoms. The van der Waals surface area contributed by atoms with Crippen molar-refractivity contribution in [2.24, 2.45) is 11.8 Å². The quantitative estimate of drug-likeness (QED) is 0.870. The first-order valence-electron chi connectivity index (χ1n) is 7.79. The number of aromatic nitrogens is 2. The zero-order chi connectivity index (χ0) is 13.7. The summed E-state index contributed by atoms with van der Waals surface area (Å²) in [5.74, 6) is 3.85. The van der Waals surface area contributed by atoms with E-state index in [0.29, 0.717) is 17.9 Å². The highest BCUT2D eigenvalue weighted by Crippen LogP contribution is 2.52. The van der Waals surface area contributed by atoms with Crippen LogP contribution in [0.1, 0.15) is 37.3 Å². The molecule has 2 bridgehead atoms. The van der Waals surface area contributed by atoms with Crippen LogP contribution in [0.4, 0.5) is 11.8 Å². The molecule has 0 unspecified atom stereocenters. The van der Waals surface area contributed by atoms with Gasteiger partial charge in [0, 0.05) is 31.1 Å². The van der Waals surface area contributed by atoms with Gasteiger partial charge in [0.05, 0.1) is 5.69 Å². The van der Waals surface area contributed by atoms with Crippen LogP contribution in [0.15, 0.2) is 6.07 Å². The Balaban J connectivity index is 1.57. The fraction of sp³-hybridized carbons (Fsp3) is 0.733. The van der Waals surface area contributed by atoms with Gasteiger partial charge in [0.1, 0.15) is 5.82 Å². The van der Waals surface area contributed by atoms with Crippen LogP contribution in [0, 0.1) is 11.8 Å². The van der Waals surface area contributed by atoms with Gasteiger partial charge in [0.25, 0.3) is 0 Å². The van der Waals surface area contributed by atoms with E-state index in [4.69, 9.17) is 5.73 Å². The lowest BCUT2D eigenvalue weighted by Crippen LogP contribution is -2.57. The number of hydrogen-bond acceptors (Lipinski definition) is 5. The lowest BCUT2D eigenvalue weighted by molar-refractivity contribution is 0.412. The largest absolute Gasteiger partial charge is 0.368 e. The molecule has 108 valence electrons. The molecular weight excluding hydrogens is 250 g/mol. The SMILES string of the molecule is CNC1CN(c2cc([C@@H]3C[C@@H]4CC[C@H]3C4)nc(N)n2)C1.